The molecule has 2 bridgehead atoms. The van der Waals surface area contributed by atoms with Crippen LogP contribution < -0.4 is 4.74 Å². The largest absolute Gasteiger partial charge is 0.504 e. The number of para-hydroxylation sites is 1. The lowest BCUT2D eigenvalue weighted by Gasteiger charge is -2.50. The average Bonchev–Trinajstić information content (AvgIpc) is 3.03. The lowest BCUT2D eigenvalue weighted by molar-refractivity contribution is -0.0883. The molecule has 2 aromatic carbocycles. The Morgan fingerprint density at radius 3 is 2.78 bits per heavy atom. The number of piperidine rings is 1. The summed E-state index contributed by atoms with van der Waals surface area (Å²) < 4.78 is 5.12. The van der Waals surface area contributed by atoms with Crippen molar-refractivity contribution in [3.05, 3.63) is 58.8 Å². The predicted octanol–water partition coefficient (Wildman–Crippen LogP) is 4.29. The number of alkyl halides is 3. The van der Waals surface area contributed by atoms with Crippen LogP contribution in [0.25, 0.3) is 10.9 Å². The molecule has 8 heteroatoms. The van der Waals surface area contributed by atoms with E-state index in [1.807, 2.05) is 24.3 Å². The smallest absolute Gasteiger partial charge is 0.203 e. The van der Waals surface area contributed by atoms with Gasteiger partial charge >= 0.3 is 0 Å². The second-order valence-electron chi connectivity index (χ2n) is 10.2. The third-order valence-corrected chi connectivity index (χ3v) is 9.25. The maximum absolute atomic E-state index is 12.7. The van der Waals surface area contributed by atoms with Crippen LogP contribution in [0.15, 0.2) is 36.4 Å². The molecular formula is C24H19Cl3N2O3. The normalized spacial score (nSPS) is 39.4. The third-order valence-electron chi connectivity index (χ3n) is 8.89. The van der Waals surface area contributed by atoms with Gasteiger partial charge in [0.15, 0.2) is 17.6 Å². The van der Waals surface area contributed by atoms with Crippen molar-refractivity contribution in [1.29, 1.82) is 0 Å². The number of likely N-dealkylation sites (tertiary alicyclic amines) is 1. The molecule has 6 atom stereocenters. The predicted molar refractivity (Wildman–Crippen MR) is 122 cm³/mol. The highest BCUT2D eigenvalue weighted by Gasteiger charge is 2.88. The Kier molecular flexibility index (Phi) is 3.05. The van der Waals surface area contributed by atoms with Gasteiger partial charge in [0, 0.05) is 35.0 Å². The van der Waals surface area contributed by atoms with Crippen molar-refractivity contribution in [1.82, 2.24) is 9.88 Å². The highest BCUT2D eigenvalue weighted by molar-refractivity contribution is 6.67. The highest BCUT2D eigenvalue weighted by atomic mass is 35.6. The number of halogens is 3. The minimum absolute atomic E-state index is 0.127. The van der Waals surface area contributed by atoms with E-state index < -0.39 is 20.9 Å². The Bertz CT molecular complexity index is 1380. The number of aromatic hydroxyl groups is 1. The first kappa shape index (κ1) is 18.8. The van der Waals surface area contributed by atoms with Crippen molar-refractivity contribution >= 4 is 45.7 Å². The molecule has 164 valence electrons. The number of phenolic OH excluding ortho intramolecular Hbond substituents is 1. The molecule has 1 saturated heterocycles. The van der Waals surface area contributed by atoms with Gasteiger partial charge < -0.3 is 19.9 Å². The molecule has 0 amide bonds. The molecule has 5 nitrogen and oxygen atoms in total. The van der Waals surface area contributed by atoms with Crippen LogP contribution in [0.1, 0.15) is 34.9 Å². The van der Waals surface area contributed by atoms with Crippen LogP contribution in [-0.4, -0.2) is 47.6 Å². The summed E-state index contributed by atoms with van der Waals surface area (Å²) in [4.78, 5) is 5.77. The number of hydrogen-bond donors (Lipinski definition) is 3. The number of ether oxygens (including phenoxy) is 1. The highest BCUT2D eigenvalue weighted by Crippen LogP contribution is 2.79. The molecule has 5 aliphatic rings. The number of aromatic amines is 1. The number of aliphatic hydroxyl groups is 1. The second-order valence-corrected chi connectivity index (χ2v) is 12.7. The Balaban J connectivity index is 1.43. The van der Waals surface area contributed by atoms with Crippen molar-refractivity contribution in [2.45, 2.75) is 51.8 Å². The molecule has 3 N–H and O–H groups in total. The van der Waals surface area contributed by atoms with E-state index in [1.54, 1.807) is 6.07 Å². The quantitative estimate of drug-likeness (QED) is 0.352. The summed E-state index contributed by atoms with van der Waals surface area (Å²) in [7, 11) is 0. The Morgan fingerprint density at radius 1 is 1.16 bits per heavy atom. The van der Waals surface area contributed by atoms with Crippen LogP contribution in [0.5, 0.6) is 11.5 Å². The van der Waals surface area contributed by atoms with Gasteiger partial charge in [-0.05, 0) is 36.1 Å². The zero-order valence-corrected chi connectivity index (χ0v) is 19.1. The summed E-state index contributed by atoms with van der Waals surface area (Å²) in [6.07, 6.45) is 1.55. The monoisotopic (exact) mass is 488 g/mol. The average molecular weight is 490 g/mol. The molecule has 3 heterocycles. The first-order valence-electron chi connectivity index (χ1n) is 10.9. The van der Waals surface area contributed by atoms with Crippen molar-refractivity contribution in [2.75, 3.05) is 6.54 Å². The number of phenols is 1. The van der Waals surface area contributed by atoms with Gasteiger partial charge in [0.2, 0.25) is 3.79 Å². The molecular weight excluding hydrogens is 471 g/mol. The fourth-order valence-corrected chi connectivity index (χ4v) is 8.44. The van der Waals surface area contributed by atoms with E-state index >= 15 is 0 Å². The Labute approximate surface area is 198 Å². The third kappa shape index (κ3) is 1.81. The molecule has 8 rings (SSSR count). The number of benzene rings is 2. The van der Waals surface area contributed by atoms with Gasteiger partial charge in [-0.1, -0.05) is 59.1 Å². The fourth-order valence-electron chi connectivity index (χ4n) is 8.05. The molecule has 1 saturated carbocycles. The number of H-pyrrole nitrogens is 1. The zero-order valence-electron chi connectivity index (χ0n) is 16.8. The molecule has 32 heavy (non-hydrogen) atoms. The van der Waals surface area contributed by atoms with Crippen molar-refractivity contribution in [3.63, 3.8) is 0 Å². The number of rotatable bonds is 1. The molecule has 2 aliphatic heterocycles. The lowest BCUT2D eigenvalue weighted by Crippen LogP contribution is -2.61. The standard InChI is InChI=1S/C24H19Cl3N2O3/c25-24(26,27)10-29-20-21(29)7-11-5-6-15(30)18-16(11)22(9-21)19(32-18)17-13(8-23(20,22)31)12-3-1-2-4-14(12)28-17/h1-6,19-20,28,30-31H,7-10H2/t19-,20+,21+,22-,23+,29?/m0/s1. The summed E-state index contributed by atoms with van der Waals surface area (Å²) in [5, 5.41) is 24.5. The van der Waals surface area contributed by atoms with Gasteiger partial charge in [0.25, 0.3) is 0 Å². The van der Waals surface area contributed by atoms with Crippen molar-refractivity contribution in [2.24, 2.45) is 0 Å². The van der Waals surface area contributed by atoms with Crippen LogP contribution in [0.3, 0.4) is 0 Å². The van der Waals surface area contributed by atoms with Crippen LogP contribution in [0.4, 0.5) is 0 Å². The molecule has 1 unspecified atom stereocenters. The molecule has 1 aromatic heterocycles. The second kappa shape index (κ2) is 5.21. The van der Waals surface area contributed by atoms with E-state index in [0.717, 1.165) is 39.7 Å². The number of nitrogens with zero attached hydrogens (tertiary/aromatic N) is 1. The summed E-state index contributed by atoms with van der Waals surface area (Å²) in [6.45, 7) is 0.271. The minimum Gasteiger partial charge on any atom is -0.504 e. The van der Waals surface area contributed by atoms with Crippen molar-refractivity contribution < 1.29 is 14.9 Å². The van der Waals surface area contributed by atoms with E-state index in [-0.39, 0.29) is 23.9 Å². The number of fused-ring (bicyclic) bond motifs is 5. The SMILES string of the molecule is Oc1ccc2c3c1O[C@H]1c4[nH]c5ccccc5c4C[C@@]4(O)[C@@H]5N(CC(Cl)(Cl)Cl)[C@]5(C2)C[C@]314. The van der Waals surface area contributed by atoms with Crippen LogP contribution in [-0.2, 0) is 18.3 Å². The molecule has 0 radical (unpaired) electrons. The Hall–Kier alpha value is -1.63. The van der Waals surface area contributed by atoms with Crippen LogP contribution >= 0.6 is 34.8 Å². The van der Waals surface area contributed by atoms with Gasteiger partial charge in [-0.3, -0.25) is 4.90 Å². The summed E-state index contributed by atoms with van der Waals surface area (Å²) >= 11 is 18.7. The van der Waals surface area contributed by atoms with Crippen LogP contribution in [0, 0.1) is 0 Å². The number of hydrogen-bond acceptors (Lipinski definition) is 4. The summed E-state index contributed by atoms with van der Waals surface area (Å²) in [5.41, 5.74) is 3.18. The van der Waals surface area contributed by atoms with Gasteiger partial charge in [-0.25, -0.2) is 0 Å². The minimum atomic E-state index is -1.42. The van der Waals surface area contributed by atoms with E-state index in [1.165, 1.54) is 0 Å². The maximum Gasteiger partial charge on any atom is 0.203 e. The summed E-state index contributed by atoms with van der Waals surface area (Å²) in [6, 6.07) is 11.7. The molecule has 3 aromatic rings. The van der Waals surface area contributed by atoms with E-state index in [4.69, 9.17) is 39.5 Å². The van der Waals surface area contributed by atoms with E-state index in [9.17, 15) is 10.2 Å². The van der Waals surface area contributed by atoms with Gasteiger partial charge in [0.1, 0.15) is 0 Å². The summed E-state index contributed by atoms with van der Waals surface area (Å²) in [5.74, 6) is 0.642. The van der Waals surface area contributed by atoms with E-state index in [0.29, 0.717) is 18.6 Å². The fraction of sp³-hybridized carbons (Fsp3) is 0.417. The van der Waals surface area contributed by atoms with Gasteiger partial charge in [-0.2, -0.15) is 0 Å². The first-order chi connectivity index (χ1) is 15.2. The zero-order chi connectivity index (χ0) is 21.8. The first-order valence-corrected chi connectivity index (χ1v) is 12.0. The lowest BCUT2D eigenvalue weighted by atomic mass is 9.57. The number of aromatic nitrogens is 1. The molecule has 2 fully saturated rings. The van der Waals surface area contributed by atoms with Gasteiger partial charge in [0.05, 0.1) is 22.8 Å². The Morgan fingerprint density at radius 2 is 1.97 bits per heavy atom. The van der Waals surface area contributed by atoms with Crippen LogP contribution in [0.2, 0.25) is 0 Å². The number of nitrogens with one attached hydrogen (secondary N) is 1. The van der Waals surface area contributed by atoms with Crippen molar-refractivity contribution in [3.8, 4) is 11.5 Å². The molecule has 2 spiro atoms. The maximum atomic E-state index is 12.7. The van der Waals surface area contributed by atoms with E-state index in [2.05, 4.69) is 16.0 Å². The molecule has 3 aliphatic carbocycles. The topological polar surface area (TPSA) is 68.5 Å². The van der Waals surface area contributed by atoms with Gasteiger partial charge in [-0.15, -0.1) is 0 Å².